The summed E-state index contributed by atoms with van der Waals surface area (Å²) in [4.78, 5) is 16.9. The molecule has 0 fully saturated rings. The molecule has 2 aliphatic rings. The van der Waals surface area contributed by atoms with Gasteiger partial charge in [-0.3, -0.25) is 0 Å². The Morgan fingerprint density at radius 3 is 2.59 bits per heavy atom. The van der Waals surface area contributed by atoms with Gasteiger partial charge in [-0.15, -0.1) is 11.3 Å². The van der Waals surface area contributed by atoms with E-state index in [2.05, 4.69) is 36.0 Å². The molecule has 2 heterocycles. The molecule has 0 spiro atoms. The van der Waals surface area contributed by atoms with Crippen LogP contribution in [0.25, 0.3) is 18.2 Å². The lowest BCUT2D eigenvalue weighted by Gasteiger charge is -2.12. The highest BCUT2D eigenvalue weighted by Gasteiger charge is 2.16. The van der Waals surface area contributed by atoms with Gasteiger partial charge in [0.05, 0.1) is 23.3 Å². The largest absolute Gasteiger partial charge is 0.490 e. The van der Waals surface area contributed by atoms with Crippen LogP contribution in [0.4, 0.5) is 0 Å². The van der Waals surface area contributed by atoms with Crippen LogP contribution in [0, 0.1) is 9.75 Å². The molecule has 1 aliphatic heterocycles. The Hall–Kier alpha value is -2.87. The Bertz CT molecular complexity index is 1320. The van der Waals surface area contributed by atoms with Crippen LogP contribution < -0.4 is 14.5 Å². The number of hydrogen-bond donors (Lipinski definition) is 0. The number of nitrogens with zero attached hydrogens (tertiary/aromatic N) is 2. The Balaban J connectivity index is 1.62. The van der Waals surface area contributed by atoms with Gasteiger partial charge < -0.3 is 24.0 Å². The van der Waals surface area contributed by atoms with Crippen LogP contribution in [0.1, 0.15) is 28.8 Å². The average Bonchev–Trinajstić information content (AvgIpc) is 3.07. The standard InChI is InChI=1S/C27H32N2O4S/c1-28(2)12-6-14-31-21-17-24-25(33-18-21)22-9-5-8-19-10-11-20(16-23(19)26(22)34-24)27(30)32-15-7-13-29(3)4/h5,8-11,16-18H,6-7,12-15H2,1-4H3. The van der Waals surface area contributed by atoms with Gasteiger partial charge in [0.25, 0.3) is 0 Å². The fourth-order valence-corrected chi connectivity index (χ4v) is 5.05. The second kappa shape index (κ2) is 11.0. The van der Waals surface area contributed by atoms with Crippen molar-refractivity contribution < 1.29 is 19.0 Å². The molecule has 0 atom stereocenters. The molecule has 1 aromatic heterocycles. The minimum Gasteiger partial charge on any atom is -0.490 e. The average molecular weight is 481 g/mol. The molecule has 1 aromatic carbocycles. The maximum absolute atomic E-state index is 12.7. The van der Waals surface area contributed by atoms with Gasteiger partial charge in [-0.2, -0.15) is 0 Å². The first-order valence-electron chi connectivity index (χ1n) is 11.6. The van der Waals surface area contributed by atoms with Crippen LogP contribution in [-0.4, -0.2) is 70.3 Å². The van der Waals surface area contributed by atoms with E-state index in [-0.39, 0.29) is 5.97 Å². The zero-order valence-electron chi connectivity index (χ0n) is 20.3. The van der Waals surface area contributed by atoms with Crippen LogP contribution in [-0.2, 0) is 9.47 Å². The van der Waals surface area contributed by atoms with Crippen molar-refractivity contribution >= 4 is 35.5 Å². The number of rotatable bonds is 10. The summed E-state index contributed by atoms with van der Waals surface area (Å²) in [5.74, 6) is 1.27. The number of fused-ring (bicyclic) bond motifs is 4. The molecule has 0 bridgehead atoms. The molecule has 0 N–H and O–H groups in total. The van der Waals surface area contributed by atoms with Crippen molar-refractivity contribution in [3.05, 3.63) is 66.9 Å². The minimum atomic E-state index is -0.292. The lowest BCUT2D eigenvalue weighted by molar-refractivity contribution is 0.0493. The predicted molar refractivity (Wildman–Crippen MR) is 137 cm³/mol. The fourth-order valence-electron chi connectivity index (χ4n) is 3.84. The summed E-state index contributed by atoms with van der Waals surface area (Å²) in [7, 11) is 8.13. The van der Waals surface area contributed by atoms with Gasteiger partial charge in [0, 0.05) is 34.5 Å². The summed E-state index contributed by atoms with van der Waals surface area (Å²) in [6.07, 6.45) is 11.6. The summed E-state index contributed by atoms with van der Waals surface area (Å²) in [5.41, 5.74) is 1.58. The van der Waals surface area contributed by atoms with E-state index < -0.39 is 0 Å². The van der Waals surface area contributed by atoms with Crippen molar-refractivity contribution in [2.24, 2.45) is 0 Å². The highest BCUT2D eigenvalue weighted by Crippen LogP contribution is 2.27. The SMILES string of the molecule is CN(C)CCCOC(=O)c1ccc2c(c1)=c1sc3c(c1C=CC=2)OC=C(OCCCN(C)C)C=3. The molecule has 180 valence electrons. The van der Waals surface area contributed by atoms with Gasteiger partial charge in [-0.05, 0) is 64.5 Å². The van der Waals surface area contributed by atoms with E-state index >= 15 is 0 Å². The van der Waals surface area contributed by atoms with Gasteiger partial charge in [-0.25, -0.2) is 4.79 Å². The fraction of sp³-hybridized carbons (Fsp3) is 0.370. The molecule has 1 aliphatic carbocycles. The van der Waals surface area contributed by atoms with Gasteiger partial charge in [0.2, 0.25) is 0 Å². The minimum absolute atomic E-state index is 0.292. The smallest absolute Gasteiger partial charge is 0.338 e. The highest BCUT2D eigenvalue weighted by molar-refractivity contribution is 7.08. The van der Waals surface area contributed by atoms with Gasteiger partial charge >= 0.3 is 5.97 Å². The number of esters is 1. The molecular formula is C27H32N2O4S. The first-order chi connectivity index (χ1) is 16.4. The lowest BCUT2D eigenvalue weighted by atomic mass is 10.1. The van der Waals surface area contributed by atoms with E-state index in [4.69, 9.17) is 14.2 Å². The number of benzene rings is 1. The van der Waals surface area contributed by atoms with E-state index in [1.807, 2.05) is 44.4 Å². The van der Waals surface area contributed by atoms with E-state index in [0.29, 0.717) is 18.8 Å². The van der Waals surface area contributed by atoms with Crippen LogP contribution >= 0.6 is 11.3 Å². The Labute approximate surface area is 204 Å². The topological polar surface area (TPSA) is 51.2 Å². The Kier molecular flexibility index (Phi) is 7.88. The highest BCUT2D eigenvalue weighted by atomic mass is 32.1. The number of allylic oxidation sites excluding steroid dienone is 2. The second-order valence-electron chi connectivity index (χ2n) is 8.95. The predicted octanol–water partition coefficient (Wildman–Crippen LogP) is 2.93. The summed E-state index contributed by atoms with van der Waals surface area (Å²) in [5, 5.41) is 2.07. The summed E-state index contributed by atoms with van der Waals surface area (Å²) in [6, 6.07) is 5.74. The number of carbonyl (C=O) groups excluding carboxylic acids is 1. The molecular weight excluding hydrogens is 448 g/mol. The van der Waals surface area contributed by atoms with Crippen molar-refractivity contribution in [2.45, 2.75) is 12.8 Å². The van der Waals surface area contributed by atoms with Crippen molar-refractivity contribution in [1.29, 1.82) is 0 Å². The molecule has 0 saturated heterocycles. The van der Waals surface area contributed by atoms with Crippen LogP contribution in [0.2, 0.25) is 0 Å². The van der Waals surface area contributed by atoms with Crippen molar-refractivity contribution in [3.8, 4) is 5.75 Å². The molecule has 0 saturated carbocycles. The lowest BCUT2D eigenvalue weighted by Crippen LogP contribution is -2.16. The third kappa shape index (κ3) is 5.78. The van der Waals surface area contributed by atoms with E-state index in [0.717, 1.165) is 62.5 Å². The summed E-state index contributed by atoms with van der Waals surface area (Å²) >= 11 is 1.65. The summed E-state index contributed by atoms with van der Waals surface area (Å²) < 4.78 is 19.5. The molecule has 7 heteroatoms. The first kappa shape index (κ1) is 24.3. The molecule has 2 aromatic rings. The number of ether oxygens (including phenoxy) is 3. The maximum atomic E-state index is 12.7. The van der Waals surface area contributed by atoms with Crippen molar-refractivity contribution in [1.82, 2.24) is 9.80 Å². The zero-order chi connectivity index (χ0) is 24.1. The van der Waals surface area contributed by atoms with E-state index in [1.54, 1.807) is 17.6 Å². The monoisotopic (exact) mass is 480 g/mol. The normalized spacial score (nSPS) is 13.6. The van der Waals surface area contributed by atoms with Crippen LogP contribution in [0.15, 0.2) is 36.3 Å². The van der Waals surface area contributed by atoms with Crippen molar-refractivity contribution in [2.75, 3.05) is 54.5 Å². The third-order valence-corrected chi connectivity index (χ3v) is 6.73. The number of carbonyl (C=O) groups is 1. The van der Waals surface area contributed by atoms with E-state index in [9.17, 15) is 4.79 Å². The van der Waals surface area contributed by atoms with E-state index in [1.165, 1.54) is 0 Å². The van der Waals surface area contributed by atoms with Gasteiger partial charge in [0.1, 0.15) is 6.26 Å². The Morgan fingerprint density at radius 1 is 1.06 bits per heavy atom. The van der Waals surface area contributed by atoms with Crippen LogP contribution in [0.5, 0.6) is 5.75 Å². The van der Waals surface area contributed by atoms with Crippen LogP contribution in [0.3, 0.4) is 0 Å². The molecule has 34 heavy (non-hydrogen) atoms. The van der Waals surface area contributed by atoms with Crippen molar-refractivity contribution in [3.63, 3.8) is 0 Å². The third-order valence-electron chi connectivity index (χ3n) is 5.56. The van der Waals surface area contributed by atoms with Gasteiger partial charge in [0.15, 0.2) is 11.5 Å². The second-order valence-corrected chi connectivity index (χ2v) is 10.00. The molecule has 6 nitrogen and oxygen atoms in total. The molecule has 0 unspecified atom stereocenters. The molecule has 4 rings (SSSR count). The number of hydrogen-bond acceptors (Lipinski definition) is 7. The maximum Gasteiger partial charge on any atom is 0.338 e. The first-order valence-corrected chi connectivity index (χ1v) is 12.4. The molecule has 0 radical (unpaired) electrons. The summed E-state index contributed by atoms with van der Waals surface area (Å²) in [6.45, 7) is 2.91. The zero-order valence-corrected chi connectivity index (χ0v) is 21.1. The van der Waals surface area contributed by atoms with Gasteiger partial charge in [-0.1, -0.05) is 18.2 Å². The quantitative estimate of drug-likeness (QED) is 0.385. The number of thiophene rings is 1. The Morgan fingerprint density at radius 2 is 1.82 bits per heavy atom. The molecule has 0 amide bonds.